The zero-order valence-electron chi connectivity index (χ0n) is 23.2. The topological polar surface area (TPSA) is 146 Å². The number of carbonyl (C=O) groups is 6. The highest BCUT2D eigenvalue weighted by Gasteiger charge is 2.23. The predicted octanol–water partition coefficient (Wildman–Crippen LogP) is 1.51. The fourth-order valence-electron chi connectivity index (χ4n) is 2.56. The number of hydrogen-bond donors (Lipinski definition) is 0. The van der Waals surface area contributed by atoms with E-state index in [4.69, 9.17) is 18.9 Å². The normalized spacial score (nSPS) is 9.95. The van der Waals surface area contributed by atoms with Crippen LogP contribution in [0.4, 0.5) is 0 Å². The monoisotopic (exact) mass is 550 g/mol. The van der Waals surface area contributed by atoms with Gasteiger partial charge < -0.3 is 28.7 Å². The number of rotatable bonds is 18. The minimum Gasteiger partial charge on any atom is -0.460 e. The Kier molecular flexibility index (Phi) is 16.1. The molecule has 0 aliphatic carbocycles. The Balaban J connectivity index is 5.39. The average Bonchev–Trinajstić information content (AvgIpc) is 2.85. The molecular weight excluding hydrogens is 512 g/mol. The third-order valence-electron chi connectivity index (χ3n) is 4.78. The Labute approximate surface area is 228 Å². The van der Waals surface area contributed by atoms with Crippen molar-refractivity contribution in [3.63, 3.8) is 0 Å². The highest BCUT2D eigenvalue weighted by atomic mass is 16.5. The molecule has 0 saturated heterocycles. The van der Waals surface area contributed by atoms with Crippen molar-refractivity contribution in [1.82, 2.24) is 9.80 Å². The summed E-state index contributed by atoms with van der Waals surface area (Å²) in [6.45, 7) is 18.7. The van der Waals surface area contributed by atoms with Gasteiger partial charge in [0.05, 0.1) is 26.2 Å². The van der Waals surface area contributed by atoms with E-state index in [2.05, 4.69) is 26.3 Å². The summed E-state index contributed by atoms with van der Waals surface area (Å²) in [5.74, 6) is -3.86. The second-order valence-electron chi connectivity index (χ2n) is 8.60. The van der Waals surface area contributed by atoms with Gasteiger partial charge in [-0.25, -0.2) is 19.2 Å². The average molecular weight is 551 g/mol. The lowest BCUT2D eigenvalue weighted by Crippen LogP contribution is -2.43. The molecule has 0 saturated carbocycles. The lowest BCUT2D eigenvalue weighted by atomic mass is 10.3. The van der Waals surface area contributed by atoms with Crippen molar-refractivity contribution in [2.24, 2.45) is 0 Å². The summed E-state index contributed by atoms with van der Waals surface area (Å²) < 4.78 is 20.1. The third-order valence-corrected chi connectivity index (χ3v) is 4.78. The highest BCUT2D eigenvalue weighted by Crippen LogP contribution is 2.04. The van der Waals surface area contributed by atoms with Crippen LogP contribution in [0.1, 0.15) is 34.1 Å². The molecule has 0 aromatic rings. The van der Waals surface area contributed by atoms with E-state index < -0.39 is 42.1 Å². The minimum atomic E-state index is -0.646. The summed E-state index contributed by atoms with van der Waals surface area (Å²) in [6, 6.07) is 0. The zero-order chi connectivity index (χ0) is 30.1. The van der Waals surface area contributed by atoms with Gasteiger partial charge in [0.2, 0.25) is 11.8 Å². The lowest BCUT2D eigenvalue weighted by molar-refractivity contribution is -0.148. The van der Waals surface area contributed by atoms with E-state index in [9.17, 15) is 28.8 Å². The van der Waals surface area contributed by atoms with Gasteiger partial charge in [-0.1, -0.05) is 26.3 Å². The van der Waals surface area contributed by atoms with E-state index in [-0.39, 0.29) is 74.9 Å². The largest absolute Gasteiger partial charge is 0.460 e. The fourth-order valence-corrected chi connectivity index (χ4v) is 2.56. The number of esters is 4. The first-order valence-electron chi connectivity index (χ1n) is 12.0. The molecule has 0 aromatic carbocycles. The Morgan fingerprint density at radius 3 is 0.846 bits per heavy atom. The summed E-state index contributed by atoms with van der Waals surface area (Å²) >= 11 is 0. The molecule has 0 rings (SSSR count). The lowest BCUT2D eigenvalue weighted by Gasteiger charge is -2.26. The molecular formula is C27H38N2O10. The van der Waals surface area contributed by atoms with E-state index in [1.165, 1.54) is 37.5 Å². The molecule has 0 aliphatic rings. The number of amides is 2. The van der Waals surface area contributed by atoms with E-state index >= 15 is 0 Å². The Morgan fingerprint density at radius 1 is 0.462 bits per heavy atom. The maximum Gasteiger partial charge on any atom is 0.333 e. The molecule has 0 fully saturated rings. The van der Waals surface area contributed by atoms with Crippen LogP contribution >= 0.6 is 0 Å². The van der Waals surface area contributed by atoms with Crippen LogP contribution in [0.3, 0.4) is 0 Å². The second kappa shape index (κ2) is 18.1. The van der Waals surface area contributed by atoms with Gasteiger partial charge >= 0.3 is 23.9 Å². The number of carbonyl (C=O) groups excluding carboxylic acids is 6. The van der Waals surface area contributed by atoms with Gasteiger partial charge in [0.1, 0.15) is 32.8 Å². The molecule has 0 bridgehead atoms. The van der Waals surface area contributed by atoms with Crippen LogP contribution in [0, 0.1) is 0 Å². The molecule has 0 radical (unpaired) electrons. The maximum atomic E-state index is 13.0. The molecule has 0 aliphatic heterocycles. The smallest absolute Gasteiger partial charge is 0.333 e. The van der Waals surface area contributed by atoms with Crippen LogP contribution in [-0.4, -0.2) is 98.1 Å². The van der Waals surface area contributed by atoms with Crippen LogP contribution in [0.5, 0.6) is 0 Å². The molecule has 0 spiro atoms. The van der Waals surface area contributed by atoms with Crippen molar-refractivity contribution < 1.29 is 47.7 Å². The van der Waals surface area contributed by atoms with Gasteiger partial charge in [0.25, 0.3) is 0 Å². The molecule has 0 N–H and O–H groups in total. The van der Waals surface area contributed by atoms with Crippen molar-refractivity contribution in [2.75, 3.05) is 52.6 Å². The van der Waals surface area contributed by atoms with E-state index in [1.807, 2.05) is 0 Å². The molecule has 0 heterocycles. The van der Waals surface area contributed by atoms with Gasteiger partial charge in [0, 0.05) is 22.3 Å². The highest BCUT2D eigenvalue weighted by molar-refractivity contribution is 5.97. The third kappa shape index (κ3) is 14.9. The predicted molar refractivity (Wildman–Crippen MR) is 141 cm³/mol. The summed E-state index contributed by atoms with van der Waals surface area (Å²) in [7, 11) is 0. The molecule has 12 nitrogen and oxygen atoms in total. The van der Waals surface area contributed by atoms with Gasteiger partial charge in [0.15, 0.2) is 0 Å². The summed E-state index contributed by atoms with van der Waals surface area (Å²) in [4.78, 5) is 75.1. The van der Waals surface area contributed by atoms with Crippen LogP contribution in [-0.2, 0) is 47.7 Å². The van der Waals surface area contributed by atoms with Crippen LogP contribution in [0.2, 0.25) is 0 Å². The first-order chi connectivity index (χ1) is 18.2. The number of hydrogen-bond acceptors (Lipinski definition) is 10. The number of ether oxygens (including phenoxy) is 4. The standard InChI is InChI=1S/C27H38N2O10/c1-18(2)24(32)36-13-9-28(10-14-37-25(33)19(3)4)22(30)17-23(31)29(11-15-38-26(34)20(5)6)12-16-39-27(35)21(7)8/h1,3,5,7,9-17H2,2,4,6,8H3. The van der Waals surface area contributed by atoms with Crippen LogP contribution in [0.15, 0.2) is 48.6 Å². The Bertz CT molecular complexity index is 857. The van der Waals surface area contributed by atoms with Crippen molar-refractivity contribution in [3.05, 3.63) is 48.6 Å². The van der Waals surface area contributed by atoms with Crippen molar-refractivity contribution in [1.29, 1.82) is 0 Å². The van der Waals surface area contributed by atoms with E-state index in [0.717, 1.165) is 0 Å². The summed E-state index contributed by atoms with van der Waals surface area (Å²) in [5.41, 5.74) is 0.699. The quantitative estimate of drug-likeness (QED) is 0.106. The van der Waals surface area contributed by atoms with Gasteiger partial charge in [-0.2, -0.15) is 0 Å². The molecule has 216 valence electrons. The molecule has 39 heavy (non-hydrogen) atoms. The second-order valence-corrected chi connectivity index (χ2v) is 8.60. The van der Waals surface area contributed by atoms with Gasteiger partial charge in [-0.05, 0) is 27.7 Å². The first-order valence-corrected chi connectivity index (χ1v) is 12.0. The fraction of sp³-hybridized carbons (Fsp3) is 0.481. The molecule has 0 unspecified atom stereocenters. The maximum absolute atomic E-state index is 13.0. The summed E-state index contributed by atoms with van der Waals surface area (Å²) in [6.07, 6.45) is -0.605. The first kappa shape index (κ1) is 34.8. The van der Waals surface area contributed by atoms with E-state index in [0.29, 0.717) is 0 Å². The SMILES string of the molecule is C=C(C)C(=O)OCCN(CCOC(=O)C(=C)C)C(=O)CC(=O)N(CCOC(=O)C(=C)C)CCOC(=O)C(=C)C. The van der Waals surface area contributed by atoms with Crippen molar-refractivity contribution >= 4 is 35.7 Å². The van der Waals surface area contributed by atoms with Crippen molar-refractivity contribution in [2.45, 2.75) is 34.1 Å². The number of nitrogens with zero attached hydrogens (tertiary/aromatic N) is 2. The summed E-state index contributed by atoms with van der Waals surface area (Å²) in [5, 5.41) is 0. The molecule has 0 aromatic heterocycles. The van der Waals surface area contributed by atoms with Gasteiger partial charge in [-0.15, -0.1) is 0 Å². The molecule has 12 heteroatoms. The van der Waals surface area contributed by atoms with Crippen LogP contribution in [0.25, 0.3) is 0 Å². The van der Waals surface area contributed by atoms with E-state index in [1.54, 1.807) is 0 Å². The van der Waals surface area contributed by atoms with Gasteiger partial charge in [-0.3, -0.25) is 9.59 Å². The molecule has 0 atom stereocenters. The van der Waals surface area contributed by atoms with Crippen LogP contribution < -0.4 is 0 Å². The van der Waals surface area contributed by atoms with Crippen molar-refractivity contribution in [3.8, 4) is 0 Å². The molecule has 2 amide bonds. The minimum absolute atomic E-state index is 0.0811. The Hall–Kier alpha value is -4.22. The zero-order valence-corrected chi connectivity index (χ0v) is 23.2. The Morgan fingerprint density at radius 2 is 0.667 bits per heavy atom.